The van der Waals surface area contributed by atoms with Gasteiger partial charge in [0.2, 0.25) is 0 Å². The summed E-state index contributed by atoms with van der Waals surface area (Å²) in [5, 5.41) is 30.3. The Morgan fingerprint density at radius 1 is 1.28 bits per heavy atom. The van der Waals surface area contributed by atoms with E-state index in [9.17, 15) is 24.6 Å². The maximum atomic E-state index is 12.7. The molecule has 3 aliphatic heterocycles. The topological polar surface area (TPSA) is 134 Å². The fraction of sp³-hybridized carbons (Fsp3) is 0.263. The van der Waals surface area contributed by atoms with Crippen LogP contribution in [-0.2, 0) is 9.59 Å². The van der Waals surface area contributed by atoms with Crippen LogP contribution in [0.5, 0.6) is 5.75 Å². The van der Waals surface area contributed by atoms with Crippen molar-refractivity contribution < 1.29 is 24.6 Å². The number of allylic oxidation sites excluding steroid dienone is 3. The standard InChI is InChI=1S/C19H16N4O5.Na.H/c20-7-1-2-10-8-11-9-22(19(28)21-12-3-5-13(24)6-4-12)16-14(11)23(17(16)25)15(10)18(26)27;;/h1-6,11,14,16,24H,8-9H2,(H,21,28)(H,26,27);;/b2-1+;;/t11-,14-,16+;;/m1../s1. The van der Waals surface area contributed by atoms with Crippen LogP contribution in [0.3, 0.4) is 0 Å². The molecule has 3 amide bonds. The minimum atomic E-state index is -1.23. The van der Waals surface area contributed by atoms with Gasteiger partial charge >= 0.3 is 41.6 Å². The first-order valence-corrected chi connectivity index (χ1v) is 8.64. The number of urea groups is 1. The van der Waals surface area contributed by atoms with Crippen molar-refractivity contribution in [2.75, 3.05) is 11.9 Å². The first kappa shape index (κ1) is 20.9. The quantitative estimate of drug-likeness (QED) is 0.293. The van der Waals surface area contributed by atoms with Gasteiger partial charge in [-0.25, -0.2) is 9.59 Å². The number of aliphatic carboxylic acids is 1. The molecule has 0 saturated carbocycles. The van der Waals surface area contributed by atoms with Gasteiger partial charge in [-0.05, 0) is 42.3 Å². The van der Waals surface area contributed by atoms with E-state index in [1.54, 1.807) is 12.1 Å². The number of β-lactam (4-membered cyclic amide) rings is 1. The number of amides is 3. The number of phenols is 1. The van der Waals surface area contributed by atoms with Gasteiger partial charge < -0.3 is 20.4 Å². The Labute approximate surface area is 188 Å². The number of nitriles is 1. The molecule has 144 valence electrons. The van der Waals surface area contributed by atoms with Crippen LogP contribution in [0.1, 0.15) is 6.42 Å². The SMILES string of the molecule is N#C/C=C/C1=C(C(=O)O)N2C(=O)[C@@H]3[C@H]2[C@H](C1)CN3C(=O)Nc1ccc(O)cc1.[NaH]. The number of phenolic OH excluding ortho intramolecular Hbond substituents is 1. The Morgan fingerprint density at radius 2 is 1.97 bits per heavy atom. The fourth-order valence-electron chi connectivity index (χ4n) is 4.21. The van der Waals surface area contributed by atoms with E-state index in [4.69, 9.17) is 5.26 Å². The van der Waals surface area contributed by atoms with Gasteiger partial charge in [-0.2, -0.15) is 5.26 Å². The molecule has 4 rings (SSSR count). The van der Waals surface area contributed by atoms with Gasteiger partial charge in [-0.3, -0.25) is 9.69 Å². The van der Waals surface area contributed by atoms with Crippen molar-refractivity contribution in [3.8, 4) is 11.8 Å². The molecule has 1 aromatic rings. The summed E-state index contributed by atoms with van der Waals surface area (Å²) in [5.41, 5.74) is 0.765. The summed E-state index contributed by atoms with van der Waals surface area (Å²) in [6.45, 7) is 0.304. The van der Waals surface area contributed by atoms with Gasteiger partial charge in [-0.1, -0.05) is 0 Å². The monoisotopic (exact) mass is 404 g/mol. The molecule has 0 bridgehead atoms. The van der Waals surface area contributed by atoms with Crippen LogP contribution < -0.4 is 5.32 Å². The van der Waals surface area contributed by atoms with Crippen molar-refractivity contribution in [3.63, 3.8) is 0 Å². The number of likely N-dealkylation sites (tertiary alicyclic amines) is 1. The number of carbonyl (C=O) groups excluding carboxylic acids is 2. The third-order valence-electron chi connectivity index (χ3n) is 5.33. The van der Waals surface area contributed by atoms with E-state index in [1.165, 1.54) is 34.1 Å². The van der Waals surface area contributed by atoms with Gasteiger partial charge in [-0.15, -0.1) is 0 Å². The summed E-state index contributed by atoms with van der Waals surface area (Å²) < 4.78 is 0. The second kappa shape index (κ2) is 7.91. The molecular weight excluding hydrogens is 387 g/mol. The van der Waals surface area contributed by atoms with Crippen LogP contribution in [0, 0.1) is 17.2 Å². The van der Waals surface area contributed by atoms with Crippen molar-refractivity contribution in [1.29, 1.82) is 5.26 Å². The number of nitrogens with zero attached hydrogens (tertiary/aromatic N) is 3. The molecule has 3 aliphatic rings. The summed E-state index contributed by atoms with van der Waals surface area (Å²) in [6, 6.07) is 6.26. The zero-order chi connectivity index (χ0) is 20.0. The van der Waals surface area contributed by atoms with Gasteiger partial charge in [0.15, 0.2) is 0 Å². The summed E-state index contributed by atoms with van der Waals surface area (Å²) in [6.07, 6.45) is 2.97. The number of carboxylic acid groups (broad SMARTS) is 1. The van der Waals surface area contributed by atoms with Crippen LogP contribution in [-0.4, -0.2) is 86.1 Å². The third-order valence-corrected chi connectivity index (χ3v) is 5.33. The molecule has 0 aromatic heterocycles. The predicted molar refractivity (Wildman–Crippen MR) is 103 cm³/mol. The summed E-state index contributed by atoms with van der Waals surface area (Å²) in [5.74, 6) is -1.70. The van der Waals surface area contributed by atoms with Crippen molar-refractivity contribution >= 4 is 53.2 Å². The molecule has 3 heterocycles. The number of carboxylic acids is 1. The van der Waals surface area contributed by atoms with Gasteiger partial charge in [0.25, 0.3) is 5.91 Å². The Bertz CT molecular complexity index is 981. The Hall–Kier alpha value is -2.80. The Kier molecular flexibility index (Phi) is 5.71. The van der Waals surface area contributed by atoms with Crippen LogP contribution in [0.15, 0.2) is 47.7 Å². The molecule has 0 radical (unpaired) electrons. The molecule has 0 aliphatic carbocycles. The molecule has 10 heteroatoms. The van der Waals surface area contributed by atoms with Gasteiger partial charge in [0.1, 0.15) is 17.5 Å². The summed E-state index contributed by atoms with van der Waals surface area (Å²) >= 11 is 0. The van der Waals surface area contributed by atoms with E-state index in [-0.39, 0.29) is 53.0 Å². The molecule has 9 nitrogen and oxygen atoms in total. The number of nitrogens with one attached hydrogen (secondary N) is 1. The van der Waals surface area contributed by atoms with Crippen LogP contribution in [0.4, 0.5) is 10.5 Å². The van der Waals surface area contributed by atoms with Crippen molar-refractivity contribution in [2.24, 2.45) is 5.92 Å². The maximum absolute atomic E-state index is 12.7. The second-order valence-electron chi connectivity index (χ2n) is 6.88. The molecule has 3 N–H and O–H groups in total. The van der Waals surface area contributed by atoms with Crippen LogP contribution in [0.25, 0.3) is 0 Å². The number of hydrogen-bond acceptors (Lipinski definition) is 5. The number of benzene rings is 1. The molecule has 29 heavy (non-hydrogen) atoms. The molecule has 1 aromatic carbocycles. The molecule has 3 atom stereocenters. The van der Waals surface area contributed by atoms with E-state index < -0.39 is 23.9 Å². The molecular formula is C19H17N4NaO5. The molecule has 0 spiro atoms. The molecule has 2 fully saturated rings. The second-order valence-corrected chi connectivity index (χ2v) is 6.88. The van der Waals surface area contributed by atoms with E-state index >= 15 is 0 Å². The number of hydrogen-bond donors (Lipinski definition) is 3. The summed E-state index contributed by atoms with van der Waals surface area (Å²) in [7, 11) is 0. The zero-order valence-electron chi connectivity index (χ0n) is 14.6. The number of rotatable bonds is 3. The van der Waals surface area contributed by atoms with Crippen LogP contribution in [0.2, 0.25) is 0 Å². The minimum absolute atomic E-state index is 0. The van der Waals surface area contributed by atoms with Crippen LogP contribution >= 0.6 is 0 Å². The third kappa shape index (κ3) is 3.40. The number of carbonyl (C=O) groups is 3. The van der Waals surface area contributed by atoms with E-state index in [0.717, 1.165) is 0 Å². The average Bonchev–Trinajstić information content (AvgIpc) is 3.03. The molecule has 0 unspecified atom stereocenters. The first-order valence-electron chi connectivity index (χ1n) is 8.64. The van der Waals surface area contributed by atoms with Crippen molar-refractivity contribution in [2.45, 2.75) is 18.5 Å². The van der Waals surface area contributed by atoms with Crippen molar-refractivity contribution in [3.05, 3.63) is 47.7 Å². The van der Waals surface area contributed by atoms with Gasteiger partial charge in [0, 0.05) is 24.2 Å². The fourth-order valence-corrected chi connectivity index (χ4v) is 4.21. The van der Waals surface area contributed by atoms with E-state index in [0.29, 0.717) is 24.2 Å². The zero-order valence-corrected chi connectivity index (χ0v) is 14.6. The van der Waals surface area contributed by atoms with E-state index in [1.807, 2.05) is 6.07 Å². The predicted octanol–water partition coefficient (Wildman–Crippen LogP) is 0.609. The number of anilines is 1. The normalized spacial score (nSPS) is 24.5. The molecule has 2 saturated heterocycles. The summed E-state index contributed by atoms with van der Waals surface area (Å²) in [4.78, 5) is 39.7. The average molecular weight is 404 g/mol. The van der Waals surface area contributed by atoms with Gasteiger partial charge in [0.05, 0.1) is 12.1 Å². The first-order chi connectivity index (χ1) is 13.4. The number of aromatic hydroxyl groups is 1. The van der Waals surface area contributed by atoms with Crippen molar-refractivity contribution in [1.82, 2.24) is 9.80 Å². The Balaban J connectivity index is 0.00000240. The Morgan fingerprint density at radius 3 is 2.59 bits per heavy atom. The van der Waals surface area contributed by atoms with E-state index in [2.05, 4.69) is 5.32 Å².